The fourth-order valence-electron chi connectivity index (χ4n) is 2.99. The summed E-state index contributed by atoms with van der Waals surface area (Å²) in [5.41, 5.74) is 2.50. The van der Waals surface area contributed by atoms with Gasteiger partial charge in [0.05, 0.1) is 9.79 Å². The molecule has 2 N–H and O–H groups in total. The number of carbonyl (C=O) groups is 1. The van der Waals surface area contributed by atoms with Crippen molar-refractivity contribution in [3.05, 3.63) is 77.9 Å². The number of carbonyl (C=O) groups excluding carboxylic acids is 1. The highest BCUT2D eigenvalue weighted by molar-refractivity contribution is 7.92. The number of sulfonamides is 2. The average Bonchev–Trinajstić information content (AvgIpc) is 2.80. The normalized spacial score (nSPS) is 11.8. The van der Waals surface area contributed by atoms with Crippen molar-refractivity contribution in [2.24, 2.45) is 0 Å². The molecular weight excluding hydrogens is 490 g/mol. The Morgan fingerprint density at radius 3 is 2.06 bits per heavy atom. The van der Waals surface area contributed by atoms with E-state index in [9.17, 15) is 21.6 Å². The summed E-state index contributed by atoms with van der Waals surface area (Å²) in [7, 11) is -4.57. The van der Waals surface area contributed by atoms with Crippen LogP contribution in [-0.2, 0) is 24.8 Å². The van der Waals surface area contributed by atoms with E-state index < -0.39 is 26.0 Å². The standard InChI is InChI=1S/C24H27N3O6S2/c1-17-5-8-19(9-6-17)26-34(29,30)21-13-10-20(11-14-21)33-16-24(28)25-23-15-22(12-7-18(23)2)35(31,32)27(3)4/h5-15,26H,16H2,1-4H3,(H,25,28). The van der Waals surface area contributed by atoms with Gasteiger partial charge in [-0.2, -0.15) is 0 Å². The van der Waals surface area contributed by atoms with Crippen molar-refractivity contribution in [2.75, 3.05) is 30.7 Å². The molecule has 0 atom stereocenters. The number of nitrogens with zero attached hydrogens (tertiary/aromatic N) is 1. The fraction of sp³-hybridized carbons (Fsp3) is 0.208. The Bertz CT molecular complexity index is 1420. The van der Waals surface area contributed by atoms with Crippen molar-refractivity contribution >= 4 is 37.3 Å². The van der Waals surface area contributed by atoms with Gasteiger partial charge in [0.1, 0.15) is 5.75 Å². The van der Waals surface area contributed by atoms with Gasteiger partial charge in [0, 0.05) is 25.5 Å². The number of ether oxygens (including phenoxy) is 1. The van der Waals surface area contributed by atoms with Crippen molar-refractivity contribution in [3.63, 3.8) is 0 Å². The Labute approximate surface area is 205 Å². The lowest BCUT2D eigenvalue weighted by Crippen LogP contribution is -2.23. The molecule has 0 aliphatic carbocycles. The van der Waals surface area contributed by atoms with E-state index >= 15 is 0 Å². The molecule has 3 aromatic carbocycles. The maximum absolute atomic E-state index is 12.6. The first-order valence-corrected chi connectivity index (χ1v) is 13.5. The minimum absolute atomic E-state index is 0.0458. The average molecular weight is 518 g/mol. The molecule has 0 bridgehead atoms. The first-order valence-electron chi connectivity index (χ1n) is 10.5. The van der Waals surface area contributed by atoms with Gasteiger partial charge in [-0.1, -0.05) is 23.8 Å². The zero-order valence-electron chi connectivity index (χ0n) is 19.8. The van der Waals surface area contributed by atoms with Gasteiger partial charge >= 0.3 is 0 Å². The molecular formula is C24H27N3O6S2. The number of nitrogens with one attached hydrogen (secondary N) is 2. The van der Waals surface area contributed by atoms with Crippen LogP contribution in [0.5, 0.6) is 5.75 Å². The Kier molecular flexibility index (Phi) is 7.83. The molecule has 1 amide bonds. The summed E-state index contributed by atoms with van der Waals surface area (Å²) in [6.45, 7) is 3.30. The van der Waals surface area contributed by atoms with E-state index in [1.807, 2.05) is 6.92 Å². The number of rotatable bonds is 9. The number of aryl methyl sites for hydroxylation is 2. The smallest absolute Gasteiger partial charge is 0.262 e. The van der Waals surface area contributed by atoms with Gasteiger partial charge in [0.25, 0.3) is 15.9 Å². The number of anilines is 2. The predicted molar refractivity (Wildman–Crippen MR) is 135 cm³/mol. The Morgan fingerprint density at radius 2 is 1.46 bits per heavy atom. The zero-order chi connectivity index (χ0) is 25.8. The minimum Gasteiger partial charge on any atom is -0.484 e. The molecule has 0 fully saturated rings. The van der Waals surface area contributed by atoms with Crippen LogP contribution >= 0.6 is 0 Å². The lowest BCUT2D eigenvalue weighted by Gasteiger charge is -2.14. The Balaban J connectivity index is 1.62. The summed E-state index contributed by atoms with van der Waals surface area (Å²) < 4.78 is 58.9. The Hall–Kier alpha value is -3.41. The van der Waals surface area contributed by atoms with Crippen LogP contribution in [0.1, 0.15) is 11.1 Å². The van der Waals surface area contributed by atoms with Crippen LogP contribution in [0.4, 0.5) is 11.4 Å². The van der Waals surface area contributed by atoms with E-state index in [1.165, 1.54) is 50.5 Å². The topological polar surface area (TPSA) is 122 Å². The van der Waals surface area contributed by atoms with Gasteiger partial charge in [-0.3, -0.25) is 9.52 Å². The van der Waals surface area contributed by atoms with Gasteiger partial charge in [0.2, 0.25) is 10.0 Å². The van der Waals surface area contributed by atoms with E-state index in [4.69, 9.17) is 4.74 Å². The molecule has 0 radical (unpaired) electrons. The van der Waals surface area contributed by atoms with Crippen LogP contribution in [0.3, 0.4) is 0 Å². The SMILES string of the molecule is Cc1ccc(NS(=O)(=O)c2ccc(OCC(=O)Nc3cc(S(=O)(=O)N(C)C)ccc3C)cc2)cc1. The highest BCUT2D eigenvalue weighted by Gasteiger charge is 2.19. The summed E-state index contributed by atoms with van der Waals surface area (Å²) in [4.78, 5) is 12.5. The fourth-order valence-corrected chi connectivity index (χ4v) is 4.98. The second-order valence-corrected chi connectivity index (χ2v) is 11.9. The highest BCUT2D eigenvalue weighted by atomic mass is 32.2. The minimum atomic E-state index is -3.78. The highest BCUT2D eigenvalue weighted by Crippen LogP contribution is 2.23. The summed E-state index contributed by atoms with van der Waals surface area (Å²) in [6.07, 6.45) is 0. The van der Waals surface area contributed by atoms with Gasteiger partial charge in [-0.15, -0.1) is 0 Å². The second kappa shape index (κ2) is 10.5. The molecule has 0 unspecified atom stereocenters. The largest absolute Gasteiger partial charge is 0.484 e. The molecule has 0 saturated carbocycles. The molecule has 0 aliphatic heterocycles. The molecule has 9 nitrogen and oxygen atoms in total. The van der Waals surface area contributed by atoms with Crippen molar-refractivity contribution in [2.45, 2.75) is 23.6 Å². The molecule has 11 heteroatoms. The van der Waals surface area contributed by atoms with E-state index in [1.54, 1.807) is 37.3 Å². The van der Waals surface area contributed by atoms with Crippen molar-refractivity contribution in [1.82, 2.24) is 4.31 Å². The third-order valence-electron chi connectivity index (χ3n) is 5.07. The first-order chi connectivity index (χ1) is 16.4. The molecule has 186 valence electrons. The molecule has 0 heterocycles. The van der Waals surface area contributed by atoms with E-state index in [2.05, 4.69) is 10.0 Å². The van der Waals surface area contributed by atoms with Crippen molar-refractivity contribution < 1.29 is 26.4 Å². The van der Waals surface area contributed by atoms with E-state index in [0.717, 1.165) is 9.87 Å². The number of hydrogen-bond donors (Lipinski definition) is 2. The summed E-state index contributed by atoms with van der Waals surface area (Å²) >= 11 is 0. The third kappa shape index (κ3) is 6.59. The number of benzene rings is 3. The zero-order valence-corrected chi connectivity index (χ0v) is 21.4. The van der Waals surface area contributed by atoms with Crippen molar-refractivity contribution in [1.29, 1.82) is 0 Å². The molecule has 0 aliphatic rings. The van der Waals surface area contributed by atoms with Crippen LogP contribution in [0.25, 0.3) is 0 Å². The van der Waals surface area contributed by atoms with Gasteiger partial charge in [-0.25, -0.2) is 21.1 Å². The lowest BCUT2D eigenvalue weighted by atomic mass is 10.2. The Morgan fingerprint density at radius 1 is 0.857 bits per heavy atom. The number of amides is 1. The van der Waals surface area contributed by atoms with Crippen LogP contribution in [0, 0.1) is 13.8 Å². The van der Waals surface area contributed by atoms with Gasteiger partial charge in [-0.05, 0) is 67.9 Å². The van der Waals surface area contributed by atoms with Gasteiger partial charge < -0.3 is 10.1 Å². The maximum Gasteiger partial charge on any atom is 0.262 e. The second-order valence-electron chi connectivity index (χ2n) is 8.04. The molecule has 3 rings (SSSR count). The van der Waals surface area contributed by atoms with Gasteiger partial charge in [0.15, 0.2) is 6.61 Å². The monoisotopic (exact) mass is 517 g/mol. The molecule has 35 heavy (non-hydrogen) atoms. The molecule has 0 aromatic heterocycles. The van der Waals surface area contributed by atoms with Crippen LogP contribution in [0.2, 0.25) is 0 Å². The van der Waals surface area contributed by atoms with Crippen LogP contribution in [-0.4, -0.2) is 47.8 Å². The summed E-state index contributed by atoms with van der Waals surface area (Å²) in [6, 6.07) is 17.1. The summed E-state index contributed by atoms with van der Waals surface area (Å²) in [5, 5.41) is 2.65. The van der Waals surface area contributed by atoms with E-state index in [0.29, 0.717) is 22.7 Å². The quantitative estimate of drug-likeness (QED) is 0.449. The predicted octanol–water partition coefficient (Wildman–Crippen LogP) is 3.37. The third-order valence-corrected chi connectivity index (χ3v) is 8.28. The number of hydrogen-bond acceptors (Lipinski definition) is 6. The van der Waals surface area contributed by atoms with Crippen LogP contribution < -0.4 is 14.8 Å². The maximum atomic E-state index is 12.6. The first kappa shape index (κ1) is 26.2. The summed E-state index contributed by atoms with van der Waals surface area (Å²) in [5.74, 6) is -0.194. The van der Waals surface area contributed by atoms with Crippen molar-refractivity contribution in [3.8, 4) is 5.75 Å². The molecule has 0 saturated heterocycles. The molecule has 3 aromatic rings. The molecule has 0 spiro atoms. The van der Waals surface area contributed by atoms with Crippen LogP contribution in [0.15, 0.2) is 76.5 Å². The lowest BCUT2D eigenvalue weighted by molar-refractivity contribution is -0.118. The van der Waals surface area contributed by atoms with E-state index in [-0.39, 0.29) is 16.4 Å².